The van der Waals surface area contributed by atoms with Crippen molar-refractivity contribution < 1.29 is 13.6 Å². The number of aromatic amines is 1. The smallest absolute Gasteiger partial charge is 0.270 e. The lowest BCUT2D eigenvalue weighted by Gasteiger charge is -2.31. The second kappa shape index (κ2) is 8.02. The molecule has 5 rings (SSSR count). The Hall–Kier alpha value is -3.41. The van der Waals surface area contributed by atoms with Crippen molar-refractivity contribution in [1.29, 1.82) is 0 Å². The zero-order valence-electron chi connectivity index (χ0n) is 17.4. The van der Waals surface area contributed by atoms with Crippen molar-refractivity contribution in [2.45, 2.75) is 32.1 Å². The highest BCUT2D eigenvalue weighted by Crippen LogP contribution is 2.29. The molecule has 1 fully saturated rings. The molecule has 0 spiro atoms. The summed E-state index contributed by atoms with van der Waals surface area (Å²) in [6.07, 6.45) is 4.03. The molecule has 0 radical (unpaired) electrons. The van der Waals surface area contributed by atoms with Gasteiger partial charge >= 0.3 is 0 Å². The molecule has 158 valence electrons. The van der Waals surface area contributed by atoms with E-state index >= 15 is 0 Å². The predicted molar refractivity (Wildman–Crippen MR) is 117 cm³/mol. The van der Waals surface area contributed by atoms with E-state index in [4.69, 9.17) is 4.42 Å². The van der Waals surface area contributed by atoms with Crippen molar-refractivity contribution in [3.05, 3.63) is 89.0 Å². The minimum atomic E-state index is -0.258. The Morgan fingerprint density at radius 2 is 2.13 bits per heavy atom. The molecule has 1 aliphatic heterocycles. The molecule has 5 nitrogen and oxygen atoms in total. The molecule has 1 aliphatic rings. The molecule has 4 aromatic rings. The van der Waals surface area contributed by atoms with Gasteiger partial charge in [-0.05, 0) is 55.2 Å². The number of nitrogens with one attached hydrogen (secondary N) is 1. The molecule has 3 heterocycles. The monoisotopic (exact) mass is 417 g/mol. The summed E-state index contributed by atoms with van der Waals surface area (Å²) in [5, 5.41) is 1.08. The number of benzene rings is 2. The van der Waals surface area contributed by atoms with Crippen LogP contribution >= 0.6 is 0 Å². The normalized spacial score (nSPS) is 16.7. The summed E-state index contributed by atoms with van der Waals surface area (Å²) in [4.78, 5) is 22.8. The maximum Gasteiger partial charge on any atom is 0.270 e. The Bertz CT molecular complexity index is 1240. The molecular weight excluding hydrogens is 393 g/mol. The zero-order valence-corrected chi connectivity index (χ0v) is 17.4. The van der Waals surface area contributed by atoms with Gasteiger partial charge in [0.25, 0.3) is 5.91 Å². The van der Waals surface area contributed by atoms with Crippen LogP contribution in [0.4, 0.5) is 4.39 Å². The number of H-pyrrole nitrogens is 1. The molecule has 1 N–H and O–H groups in total. The molecule has 1 saturated heterocycles. The van der Waals surface area contributed by atoms with E-state index in [1.807, 2.05) is 42.2 Å². The van der Waals surface area contributed by atoms with Crippen LogP contribution in [0.25, 0.3) is 10.9 Å². The lowest BCUT2D eigenvalue weighted by Crippen LogP contribution is -2.39. The largest absolute Gasteiger partial charge is 0.445 e. The Morgan fingerprint density at radius 1 is 1.26 bits per heavy atom. The van der Waals surface area contributed by atoms with Crippen LogP contribution in [0.2, 0.25) is 0 Å². The number of piperidine rings is 1. The number of carbonyl (C=O) groups excluding carboxylic acids is 1. The van der Waals surface area contributed by atoms with Crippen LogP contribution in [-0.4, -0.2) is 33.9 Å². The van der Waals surface area contributed by atoms with E-state index in [9.17, 15) is 9.18 Å². The van der Waals surface area contributed by atoms with Crippen LogP contribution in [0, 0.1) is 12.7 Å². The van der Waals surface area contributed by atoms with Crippen LogP contribution in [0.3, 0.4) is 0 Å². The van der Waals surface area contributed by atoms with Crippen LogP contribution in [0.1, 0.15) is 52.0 Å². The fourth-order valence-electron chi connectivity index (χ4n) is 4.40. The highest BCUT2D eigenvalue weighted by molar-refractivity contribution is 5.98. The van der Waals surface area contributed by atoms with Gasteiger partial charge in [-0.1, -0.05) is 24.3 Å². The molecule has 2 aromatic heterocycles. The van der Waals surface area contributed by atoms with Gasteiger partial charge in [-0.3, -0.25) is 4.79 Å². The summed E-state index contributed by atoms with van der Waals surface area (Å²) < 4.78 is 19.4. The molecule has 1 amide bonds. The van der Waals surface area contributed by atoms with Gasteiger partial charge in [-0.25, -0.2) is 9.37 Å². The SMILES string of the molecule is Cc1cccc2[nH]c(C(=O)N3CCCC(c4ncc(Cc5cccc(F)c5)o4)C3)cc12. The number of hydrogen-bond acceptors (Lipinski definition) is 3. The first kappa shape index (κ1) is 19.5. The van der Waals surface area contributed by atoms with Gasteiger partial charge in [0.15, 0.2) is 5.89 Å². The first-order valence-electron chi connectivity index (χ1n) is 10.6. The minimum Gasteiger partial charge on any atom is -0.445 e. The van der Waals surface area contributed by atoms with Gasteiger partial charge in [-0.2, -0.15) is 0 Å². The molecule has 2 aromatic carbocycles. The zero-order chi connectivity index (χ0) is 21.4. The van der Waals surface area contributed by atoms with E-state index in [-0.39, 0.29) is 17.6 Å². The third-order valence-corrected chi connectivity index (χ3v) is 6.01. The summed E-state index contributed by atoms with van der Waals surface area (Å²) in [6, 6.07) is 14.5. The number of amides is 1. The number of aryl methyl sites for hydroxylation is 1. The van der Waals surface area contributed by atoms with E-state index in [0.717, 1.165) is 41.4 Å². The van der Waals surface area contributed by atoms with Gasteiger partial charge in [0.05, 0.1) is 12.1 Å². The summed E-state index contributed by atoms with van der Waals surface area (Å²) in [6.45, 7) is 3.35. The molecule has 0 aliphatic carbocycles. The number of fused-ring (bicyclic) bond motifs is 1. The first-order chi connectivity index (χ1) is 15.1. The van der Waals surface area contributed by atoms with Crippen molar-refractivity contribution in [1.82, 2.24) is 14.9 Å². The first-order valence-corrected chi connectivity index (χ1v) is 10.6. The lowest BCUT2D eigenvalue weighted by molar-refractivity contribution is 0.0693. The average Bonchev–Trinajstić information content (AvgIpc) is 3.41. The van der Waals surface area contributed by atoms with Crippen molar-refractivity contribution in [2.24, 2.45) is 0 Å². The highest BCUT2D eigenvalue weighted by atomic mass is 19.1. The Balaban J connectivity index is 1.30. The molecule has 1 atom stereocenters. The van der Waals surface area contributed by atoms with E-state index in [2.05, 4.69) is 9.97 Å². The number of halogens is 1. The van der Waals surface area contributed by atoms with Crippen molar-refractivity contribution in [3.8, 4) is 0 Å². The van der Waals surface area contributed by atoms with Gasteiger partial charge in [-0.15, -0.1) is 0 Å². The predicted octanol–water partition coefficient (Wildman–Crippen LogP) is 5.21. The third-order valence-electron chi connectivity index (χ3n) is 6.01. The van der Waals surface area contributed by atoms with Crippen molar-refractivity contribution in [2.75, 3.05) is 13.1 Å². The van der Waals surface area contributed by atoms with Crippen LogP contribution in [-0.2, 0) is 6.42 Å². The number of oxazole rings is 1. The number of nitrogens with zero attached hydrogens (tertiary/aromatic N) is 2. The quantitative estimate of drug-likeness (QED) is 0.496. The van der Waals surface area contributed by atoms with Crippen LogP contribution < -0.4 is 0 Å². The van der Waals surface area contributed by atoms with Gasteiger partial charge in [0, 0.05) is 30.4 Å². The fraction of sp³-hybridized carbons (Fsp3) is 0.280. The summed E-state index contributed by atoms with van der Waals surface area (Å²) >= 11 is 0. The van der Waals surface area contributed by atoms with E-state index in [0.29, 0.717) is 30.3 Å². The third kappa shape index (κ3) is 3.98. The molecule has 0 bridgehead atoms. The molecule has 1 unspecified atom stereocenters. The van der Waals surface area contributed by atoms with Crippen molar-refractivity contribution in [3.63, 3.8) is 0 Å². The van der Waals surface area contributed by atoms with Crippen molar-refractivity contribution >= 4 is 16.8 Å². The minimum absolute atomic E-state index is 0.00633. The topological polar surface area (TPSA) is 62.1 Å². The molecule has 31 heavy (non-hydrogen) atoms. The summed E-state index contributed by atoms with van der Waals surface area (Å²) in [5.74, 6) is 1.16. The maximum absolute atomic E-state index is 13.4. The molecular formula is C25H24FN3O2. The molecule has 6 heteroatoms. The van der Waals surface area contributed by atoms with Gasteiger partial charge in [0.1, 0.15) is 17.3 Å². The van der Waals surface area contributed by atoms with E-state index < -0.39 is 0 Å². The maximum atomic E-state index is 13.4. The highest BCUT2D eigenvalue weighted by Gasteiger charge is 2.29. The standard InChI is InChI=1S/C25H24FN3O2/c1-16-5-2-9-22-21(16)13-23(28-22)25(30)29-10-4-7-18(15-29)24-27-14-20(31-24)12-17-6-3-8-19(26)11-17/h2-3,5-6,8-9,11,13-14,18,28H,4,7,10,12,15H2,1H3. The lowest BCUT2D eigenvalue weighted by atomic mass is 9.97. The van der Waals surface area contributed by atoms with Gasteiger partial charge in [0.2, 0.25) is 0 Å². The second-order valence-electron chi connectivity index (χ2n) is 8.28. The Kier molecular flexibility index (Phi) is 5.06. The van der Waals surface area contributed by atoms with E-state index in [1.165, 1.54) is 12.1 Å². The second-order valence-corrected chi connectivity index (χ2v) is 8.28. The van der Waals surface area contributed by atoms with E-state index in [1.54, 1.807) is 12.3 Å². The van der Waals surface area contributed by atoms with Crippen LogP contribution in [0.5, 0.6) is 0 Å². The summed E-state index contributed by atoms with van der Waals surface area (Å²) in [5.41, 5.74) is 3.59. The van der Waals surface area contributed by atoms with Crippen LogP contribution in [0.15, 0.2) is 59.1 Å². The number of hydrogen-bond donors (Lipinski definition) is 1. The number of rotatable bonds is 4. The fourth-order valence-corrected chi connectivity index (χ4v) is 4.40. The molecule has 0 saturated carbocycles. The van der Waals surface area contributed by atoms with Gasteiger partial charge < -0.3 is 14.3 Å². The Labute approximate surface area is 179 Å². The number of aromatic nitrogens is 2. The average molecular weight is 417 g/mol. The Morgan fingerprint density at radius 3 is 2.97 bits per heavy atom. The number of likely N-dealkylation sites (tertiary alicyclic amines) is 1. The number of carbonyl (C=O) groups is 1. The summed E-state index contributed by atoms with van der Waals surface area (Å²) in [7, 11) is 0.